The summed E-state index contributed by atoms with van der Waals surface area (Å²) in [6.45, 7) is 4.01. The maximum Gasteiger partial charge on any atom is 0.224 e. The zero-order valence-corrected chi connectivity index (χ0v) is 9.59. The Kier molecular flexibility index (Phi) is 3.62. The van der Waals surface area contributed by atoms with Gasteiger partial charge in [-0.3, -0.25) is 4.79 Å². The first-order chi connectivity index (χ1) is 7.27. The van der Waals surface area contributed by atoms with Gasteiger partial charge in [-0.1, -0.05) is 26.2 Å². The summed E-state index contributed by atoms with van der Waals surface area (Å²) in [6, 6.07) is 0.457. The van der Waals surface area contributed by atoms with Gasteiger partial charge in [-0.05, 0) is 25.3 Å². The lowest BCUT2D eigenvalue weighted by Gasteiger charge is -2.25. The average Bonchev–Trinajstić information content (AvgIpc) is 2.66. The highest BCUT2D eigenvalue weighted by molar-refractivity contribution is 5.79. The van der Waals surface area contributed by atoms with Gasteiger partial charge in [0.05, 0.1) is 5.92 Å². The van der Waals surface area contributed by atoms with Crippen molar-refractivity contribution in [3.05, 3.63) is 0 Å². The van der Waals surface area contributed by atoms with E-state index in [2.05, 4.69) is 17.6 Å². The van der Waals surface area contributed by atoms with E-state index in [1.54, 1.807) is 0 Å². The third-order valence-corrected chi connectivity index (χ3v) is 3.81. The van der Waals surface area contributed by atoms with Gasteiger partial charge in [0, 0.05) is 12.6 Å². The fraction of sp³-hybridized carbons (Fsp3) is 0.917. The van der Waals surface area contributed by atoms with Gasteiger partial charge in [0.25, 0.3) is 0 Å². The lowest BCUT2D eigenvalue weighted by Crippen LogP contribution is -2.41. The van der Waals surface area contributed by atoms with Crippen LogP contribution in [0.25, 0.3) is 0 Å². The molecule has 3 heteroatoms. The van der Waals surface area contributed by atoms with Crippen LogP contribution in [-0.4, -0.2) is 25.0 Å². The van der Waals surface area contributed by atoms with Crippen molar-refractivity contribution in [3.8, 4) is 0 Å². The van der Waals surface area contributed by atoms with E-state index >= 15 is 0 Å². The topological polar surface area (TPSA) is 41.1 Å². The van der Waals surface area contributed by atoms with E-state index in [0.717, 1.165) is 13.1 Å². The number of carbonyl (C=O) groups excluding carboxylic acids is 1. The summed E-state index contributed by atoms with van der Waals surface area (Å²) in [4.78, 5) is 12.0. The first-order valence-electron chi connectivity index (χ1n) is 6.28. The van der Waals surface area contributed by atoms with Gasteiger partial charge in [-0.25, -0.2) is 0 Å². The number of hydrogen-bond donors (Lipinski definition) is 2. The number of rotatable bonds is 2. The standard InChI is InChI=1S/C12H22N2O/c1-9-7-13-8-11(9)12(15)14-10-5-3-2-4-6-10/h9-11,13H,2-8H2,1H3,(H,14,15)/t9-,11-/m1/s1. The van der Waals surface area contributed by atoms with Crippen molar-refractivity contribution in [2.45, 2.75) is 45.1 Å². The van der Waals surface area contributed by atoms with Crippen molar-refractivity contribution >= 4 is 5.91 Å². The largest absolute Gasteiger partial charge is 0.353 e. The lowest BCUT2D eigenvalue weighted by atomic mass is 9.93. The number of nitrogens with one attached hydrogen (secondary N) is 2. The first kappa shape index (κ1) is 10.9. The van der Waals surface area contributed by atoms with E-state index in [1.807, 2.05) is 0 Å². The maximum absolute atomic E-state index is 12.0. The van der Waals surface area contributed by atoms with E-state index in [1.165, 1.54) is 32.1 Å². The molecule has 1 aliphatic heterocycles. The second-order valence-electron chi connectivity index (χ2n) is 5.09. The number of carbonyl (C=O) groups is 1. The molecule has 0 aromatic heterocycles. The molecule has 1 saturated carbocycles. The molecule has 2 rings (SSSR count). The van der Waals surface area contributed by atoms with Crippen LogP contribution < -0.4 is 10.6 Å². The molecule has 0 radical (unpaired) electrons. The van der Waals surface area contributed by atoms with Crippen LogP contribution in [0.1, 0.15) is 39.0 Å². The van der Waals surface area contributed by atoms with E-state index in [4.69, 9.17) is 0 Å². The minimum atomic E-state index is 0.201. The number of amides is 1. The average molecular weight is 210 g/mol. The third kappa shape index (κ3) is 2.71. The third-order valence-electron chi connectivity index (χ3n) is 3.81. The fourth-order valence-electron chi connectivity index (χ4n) is 2.72. The minimum Gasteiger partial charge on any atom is -0.353 e. The van der Waals surface area contributed by atoms with Crippen molar-refractivity contribution in [2.24, 2.45) is 11.8 Å². The Morgan fingerprint density at radius 3 is 2.53 bits per heavy atom. The normalized spacial score (nSPS) is 32.9. The molecule has 0 bridgehead atoms. The Morgan fingerprint density at radius 1 is 1.20 bits per heavy atom. The molecule has 1 amide bonds. The Morgan fingerprint density at radius 2 is 1.93 bits per heavy atom. The quantitative estimate of drug-likeness (QED) is 0.721. The van der Waals surface area contributed by atoms with Gasteiger partial charge in [-0.2, -0.15) is 0 Å². The van der Waals surface area contributed by atoms with Crippen molar-refractivity contribution in [2.75, 3.05) is 13.1 Å². The Balaban J connectivity index is 1.80. The molecule has 0 aromatic carbocycles. The predicted octanol–water partition coefficient (Wildman–Crippen LogP) is 1.29. The second kappa shape index (κ2) is 4.97. The van der Waals surface area contributed by atoms with Crippen LogP contribution >= 0.6 is 0 Å². The summed E-state index contributed by atoms with van der Waals surface area (Å²) in [5.74, 6) is 0.972. The molecular weight excluding hydrogens is 188 g/mol. The van der Waals surface area contributed by atoms with Crippen LogP contribution in [0.3, 0.4) is 0 Å². The van der Waals surface area contributed by atoms with E-state index in [9.17, 15) is 4.79 Å². The van der Waals surface area contributed by atoms with Crippen LogP contribution in [0, 0.1) is 11.8 Å². The smallest absolute Gasteiger partial charge is 0.224 e. The minimum absolute atomic E-state index is 0.201. The first-order valence-corrected chi connectivity index (χ1v) is 6.28. The second-order valence-corrected chi connectivity index (χ2v) is 5.09. The molecule has 2 N–H and O–H groups in total. The monoisotopic (exact) mass is 210 g/mol. The van der Waals surface area contributed by atoms with E-state index in [-0.39, 0.29) is 11.8 Å². The van der Waals surface area contributed by atoms with E-state index in [0.29, 0.717) is 12.0 Å². The van der Waals surface area contributed by atoms with Gasteiger partial charge in [0.1, 0.15) is 0 Å². The van der Waals surface area contributed by atoms with Gasteiger partial charge in [-0.15, -0.1) is 0 Å². The maximum atomic E-state index is 12.0. The highest BCUT2D eigenvalue weighted by atomic mass is 16.2. The van der Waals surface area contributed by atoms with Crippen LogP contribution in [0.5, 0.6) is 0 Å². The van der Waals surface area contributed by atoms with Crippen molar-refractivity contribution in [1.29, 1.82) is 0 Å². The van der Waals surface area contributed by atoms with Crippen molar-refractivity contribution in [3.63, 3.8) is 0 Å². The summed E-state index contributed by atoms with van der Waals surface area (Å²) in [5.41, 5.74) is 0. The summed E-state index contributed by atoms with van der Waals surface area (Å²) < 4.78 is 0. The Bertz CT molecular complexity index is 224. The summed E-state index contributed by atoms with van der Waals surface area (Å²) in [6.07, 6.45) is 6.27. The summed E-state index contributed by atoms with van der Waals surface area (Å²) >= 11 is 0. The molecule has 2 aliphatic rings. The highest BCUT2D eigenvalue weighted by Crippen LogP contribution is 2.20. The molecule has 1 aliphatic carbocycles. The predicted molar refractivity (Wildman–Crippen MR) is 60.5 cm³/mol. The Labute approximate surface area is 92.0 Å². The van der Waals surface area contributed by atoms with Crippen molar-refractivity contribution < 1.29 is 4.79 Å². The molecular formula is C12H22N2O. The van der Waals surface area contributed by atoms with Crippen LogP contribution in [-0.2, 0) is 4.79 Å². The van der Waals surface area contributed by atoms with Gasteiger partial charge >= 0.3 is 0 Å². The zero-order chi connectivity index (χ0) is 10.7. The van der Waals surface area contributed by atoms with Gasteiger partial charge in [0.2, 0.25) is 5.91 Å². The van der Waals surface area contributed by atoms with Gasteiger partial charge < -0.3 is 10.6 Å². The Hall–Kier alpha value is -0.570. The van der Waals surface area contributed by atoms with Crippen LogP contribution in [0.2, 0.25) is 0 Å². The molecule has 1 heterocycles. The van der Waals surface area contributed by atoms with E-state index < -0.39 is 0 Å². The molecule has 15 heavy (non-hydrogen) atoms. The lowest BCUT2D eigenvalue weighted by molar-refractivity contribution is -0.126. The zero-order valence-electron chi connectivity index (χ0n) is 9.59. The summed E-state index contributed by atoms with van der Waals surface area (Å²) in [7, 11) is 0. The molecule has 0 aromatic rings. The number of hydrogen-bond acceptors (Lipinski definition) is 2. The van der Waals surface area contributed by atoms with Gasteiger partial charge in [0.15, 0.2) is 0 Å². The SMILES string of the molecule is C[C@@H]1CNC[C@H]1C(=O)NC1CCCCC1. The molecule has 2 fully saturated rings. The molecule has 0 unspecified atom stereocenters. The summed E-state index contributed by atoms with van der Waals surface area (Å²) in [5, 5.41) is 6.49. The molecule has 3 nitrogen and oxygen atoms in total. The highest BCUT2D eigenvalue weighted by Gasteiger charge is 2.30. The van der Waals surface area contributed by atoms with Crippen LogP contribution in [0.4, 0.5) is 0 Å². The molecule has 2 atom stereocenters. The molecule has 86 valence electrons. The van der Waals surface area contributed by atoms with Crippen LogP contribution in [0.15, 0.2) is 0 Å². The molecule has 1 saturated heterocycles. The fourth-order valence-corrected chi connectivity index (χ4v) is 2.72. The molecule has 0 spiro atoms. The van der Waals surface area contributed by atoms with Crippen molar-refractivity contribution in [1.82, 2.24) is 10.6 Å².